The Balaban J connectivity index is 2.38. The number of aldehydes is 1. The number of nitrogens with zero attached hydrogens (tertiary/aromatic N) is 2. The number of anilines is 1. The highest BCUT2D eigenvalue weighted by molar-refractivity contribution is 6.02. The number of fused-ring (bicyclic) bond motifs is 3. The first-order chi connectivity index (χ1) is 8.83. The number of pyridine rings is 1. The van der Waals surface area contributed by atoms with Gasteiger partial charge in [-0.3, -0.25) is 9.59 Å². The third-order valence-electron chi connectivity index (χ3n) is 3.02. The maximum Gasteiger partial charge on any atom is 0.214 e. The molecule has 3 rings (SSSR count). The van der Waals surface area contributed by atoms with Crippen molar-refractivity contribution in [1.82, 2.24) is 4.98 Å². The Kier molecular flexibility index (Phi) is 2.41. The molecule has 1 amide bonds. The molecule has 0 bridgehead atoms. The van der Waals surface area contributed by atoms with E-state index in [0.717, 1.165) is 23.0 Å². The second-order valence-corrected chi connectivity index (χ2v) is 4.09. The molecule has 1 aliphatic rings. The Morgan fingerprint density at radius 3 is 2.78 bits per heavy atom. The minimum atomic E-state index is 0.372. The number of carbonyl (C=O) groups excluding carboxylic acids is 2. The van der Waals surface area contributed by atoms with Gasteiger partial charge in [-0.15, -0.1) is 0 Å². The summed E-state index contributed by atoms with van der Waals surface area (Å²) in [6.07, 6.45) is 5.38. The average Bonchev–Trinajstić information content (AvgIpc) is 2.45. The van der Waals surface area contributed by atoms with Crippen LogP contribution in [0.4, 0.5) is 5.69 Å². The molecule has 1 aliphatic heterocycles. The molecule has 4 heteroatoms. The van der Waals surface area contributed by atoms with Crippen LogP contribution < -0.4 is 4.90 Å². The van der Waals surface area contributed by atoms with Crippen LogP contribution in [0.2, 0.25) is 0 Å². The minimum absolute atomic E-state index is 0.372. The van der Waals surface area contributed by atoms with Crippen molar-refractivity contribution in [2.45, 2.75) is 0 Å². The molecule has 4 nitrogen and oxygen atoms in total. The van der Waals surface area contributed by atoms with Gasteiger partial charge in [-0.05, 0) is 6.07 Å². The first kappa shape index (κ1) is 10.7. The van der Waals surface area contributed by atoms with E-state index in [9.17, 15) is 9.59 Å². The van der Waals surface area contributed by atoms with Crippen molar-refractivity contribution in [1.29, 1.82) is 0 Å². The van der Waals surface area contributed by atoms with Gasteiger partial charge in [0.15, 0.2) is 6.29 Å². The molecule has 0 N–H and O–H groups in total. The van der Waals surface area contributed by atoms with E-state index in [1.165, 1.54) is 0 Å². The van der Waals surface area contributed by atoms with E-state index in [4.69, 9.17) is 0 Å². The van der Waals surface area contributed by atoms with Gasteiger partial charge < -0.3 is 4.90 Å². The molecule has 1 aromatic carbocycles. The topological polar surface area (TPSA) is 50.3 Å². The highest BCUT2D eigenvalue weighted by atomic mass is 16.1. The first-order valence-electron chi connectivity index (χ1n) is 5.61. The predicted octanol–water partition coefficient (Wildman–Crippen LogP) is 2.04. The molecule has 1 aromatic heterocycles. The monoisotopic (exact) mass is 238 g/mol. The summed E-state index contributed by atoms with van der Waals surface area (Å²) in [5.74, 6) is 0. The molecule has 18 heavy (non-hydrogen) atoms. The molecule has 0 saturated carbocycles. The van der Waals surface area contributed by atoms with Crippen LogP contribution in [0.3, 0.4) is 0 Å². The molecule has 0 aliphatic carbocycles. The maximum atomic E-state index is 11.1. The summed E-state index contributed by atoms with van der Waals surface area (Å²) in [6.45, 7) is 0.530. The van der Waals surface area contributed by atoms with Gasteiger partial charge in [0, 0.05) is 17.5 Å². The molecule has 0 spiro atoms. The second-order valence-electron chi connectivity index (χ2n) is 4.09. The van der Waals surface area contributed by atoms with Crippen LogP contribution in [0.1, 0.15) is 16.1 Å². The number of carbonyl (C=O) groups is 2. The lowest BCUT2D eigenvalue weighted by Crippen LogP contribution is -2.24. The fraction of sp³-hybridized carbons (Fsp3) is 0.0714. The van der Waals surface area contributed by atoms with Gasteiger partial charge in [-0.2, -0.15) is 0 Å². The second kappa shape index (κ2) is 4.07. The van der Waals surface area contributed by atoms with Gasteiger partial charge in [-0.1, -0.05) is 30.4 Å². The summed E-state index contributed by atoms with van der Waals surface area (Å²) >= 11 is 0. The van der Waals surface area contributed by atoms with Gasteiger partial charge >= 0.3 is 0 Å². The third-order valence-corrected chi connectivity index (χ3v) is 3.02. The van der Waals surface area contributed by atoms with Crippen LogP contribution in [0, 0.1) is 0 Å². The quantitative estimate of drug-likeness (QED) is 0.752. The van der Waals surface area contributed by atoms with Gasteiger partial charge in [0.1, 0.15) is 5.69 Å². The Bertz CT molecular complexity index is 677. The summed E-state index contributed by atoms with van der Waals surface area (Å²) < 4.78 is 0. The SMILES string of the molecule is O=Cc1ccc2ccc3c(c2n1)N(C=O)CC=C3. The van der Waals surface area contributed by atoms with E-state index in [1.54, 1.807) is 11.0 Å². The number of amides is 1. The van der Waals surface area contributed by atoms with Crippen LogP contribution in [0.25, 0.3) is 17.0 Å². The number of hydrogen-bond donors (Lipinski definition) is 0. The van der Waals surface area contributed by atoms with Gasteiger partial charge in [0.2, 0.25) is 6.41 Å². The van der Waals surface area contributed by atoms with Gasteiger partial charge in [0.25, 0.3) is 0 Å². The van der Waals surface area contributed by atoms with Crippen molar-refractivity contribution in [3.05, 3.63) is 41.6 Å². The molecular formula is C14H10N2O2. The minimum Gasteiger partial charge on any atom is -0.309 e. The third kappa shape index (κ3) is 1.50. The first-order valence-corrected chi connectivity index (χ1v) is 5.61. The Morgan fingerprint density at radius 1 is 1.17 bits per heavy atom. The van der Waals surface area contributed by atoms with Crippen molar-refractivity contribution in [2.24, 2.45) is 0 Å². The van der Waals surface area contributed by atoms with Crippen molar-refractivity contribution >= 4 is 35.4 Å². The standard InChI is InChI=1S/C14H10N2O2/c17-8-12-6-5-10-3-4-11-2-1-7-16(9-18)14(11)13(10)15-12/h1-6,8-9H,7H2. The fourth-order valence-electron chi connectivity index (χ4n) is 2.19. The Morgan fingerprint density at radius 2 is 2.00 bits per heavy atom. The number of rotatable bonds is 2. The number of benzene rings is 1. The smallest absolute Gasteiger partial charge is 0.214 e. The largest absolute Gasteiger partial charge is 0.309 e. The molecule has 0 unspecified atom stereocenters. The van der Waals surface area contributed by atoms with E-state index in [1.807, 2.05) is 30.4 Å². The van der Waals surface area contributed by atoms with Crippen LogP contribution in [0.5, 0.6) is 0 Å². The normalized spacial score (nSPS) is 13.4. The lowest BCUT2D eigenvalue weighted by Gasteiger charge is -2.23. The summed E-state index contributed by atoms with van der Waals surface area (Å²) in [4.78, 5) is 27.8. The Labute approximate surface area is 104 Å². The summed E-state index contributed by atoms with van der Waals surface area (Å²) in [5, 5.41) is 0.918. The Hall–Kier alpha value is -2.49. The van der Waals surface area contributed by atoms with E-state index in [0.29, 0.717) is 24.0 Å². The summed E-state index contributed by atoms with van der Waals surface area (Å²) in [6, 6.07) is 7.40. The number of hydrogen-bond acceptors (Lipinski definition) is 3. The molecule has 0 radical (unpaired) electrons. The van der Waals surface area contributed by atoms with Crippen LogP contribution in [-0.2, 0) is 4.79 Å². The molecular weight excluding hydrogens is 228 g/mol. The molecule has 2 aromatic rings. The number of aromatic nitrogens is 1. The zero-order chi connectivity index (χ0) is 12.5. The van der Waals surface area contributed by atoms with Crippen molar-refractivity contribution < 1.29 is 9.59 Å². The molecule has 88 valence electrons. The fourth-order valence-corrected chi connectivity index (χ4v) is 2.19. The molecule has 2 heterocycles. The maximum absolute atomic E-state index is 11.1. The van der Waals surface area contributed by atoms with Crippen molar-refractivity contribution in [3.8, 4) is 0 Å². The van der Waals surface area contributed by atoms with Crippen molar-refractivity contribution in [2.75, 3.05) is 11.4 Å². The lowest BCUT2D eigenvalue weighted by atomic mass is 10.0. The lowest BCUT2D eigenvalue weighted by molar-refractivity contribution is -0.107. The van der Waals surface area contributed by atoms with Crippen molar-refractivity contribution in [3.63, 3.8) is 0 Å². The predicted molar refractivity (Wildman–Crippen MR) is 69.6 cm³/mol. The molecule has 0 saturated heterocycles. The highest BCUT2D eigenvalue weighted by Gasteiger charge is 2.16. The van der Waals surface area contributed by atoms with E-state index >= 15 is 0 Å². The summed E-state index contributed by atoms with van der Waals surface area (Å²) in [7, 11) is 0. The molecule has 0 atom stereocenters. The average molecular weight is 238 g/mol. The summed E-state index contributed by atoms with van der Waals surface area (Å²) in [5.41, 5.74) is 2.77. The highest BCUT2D eigenvalue weighted by Crippen LogP contribution is 2.32. The molecule has 0 fully saturated rings. The van der Waals surface area contributed by atoms with E-state index in [-0.39, 0.29) is 0 Å². The van der Waals surface area contributed by atoms with Crippen LogP contribution in [-0.4, -0.2) is 24.2 Å². The van der Waals surface area contributed by atoms with Crippen LogP contribution >= 0.6 is 0 Å². The van der Waals surface area contributed by atoms with Gasteiger partial charge in [0.05, 0.1) is 11.2 Å². The zero-order valence-corrected chi connectivity index (χ0v) is 9.54. The van der Waals surface area contributed by atoms with Gasteiger partial charge in [-0.25, -0.2) is 4.98 Å². The van der Waals surface area contributed by atoms with E-state index < -0.39 is 0 Å². The van der Waals surface area contributed by atoms with Crippen LogP contribution in [0.15, 0.2) is 30.3 Å². The zero-order valence-electron chi connectivity index (χ0n) is 9.54. The van der Waals surface area contributed by atoms with E-state index in [2.05, 4.69) is 4.98 Å².